The summed E-state index contributed by atoms with van der Waals surface area (Å²) in [5.74, 6) is 8.61. The number of carbonyl (C=O) groups excluding carboxylic acids is 2. The van der Waals surface area contributed by atoms with Crippen molar-refractivity contribution in [3.05, 3.63) is 152 Å². The lowest BCUT2D eigenvalue weighted by Gasteiger charge is -1.96. The Morgan fingerprint density at radius 1 is 0.618 bits per heavy atom. The third-order valence-corrected chi connectivity index (χ3v) is 6.92. The van der Waals surface area contributed by atoms with Gasteiger partial charge < -0.3 is 42.4 Å². The molecule has 6 aromatic rings. The highest BCUT2D eigenvalue weighted by Crippen LogP contribution is 2.19. The van der Waals surface area contributed by atoms with Crippen LogP contribution in [0, 0.1) is 41.5 Å². The van der Waals surface area contributed by atoms with Crippen LogP contribution in [0.25, 0.3) is 10.4 Å². The standard InChI is InChI=1S/C7H9N3O.C7H11NO.2C7H10O2.C7H8O2.C6H6O2/c1-5-3-4-7(11-5)6(2)9-10-8;4*1-5-3-4-7(9-5)6(2)8;1-5-2-3-6(4-7)8-5/h3-4,6H,1-2H3;3-4,6H,8H2,1-2H3;2*3-4,6,8H,1-2H3;3-4H,1-2H3;2-4H,1H3/t3*6-;;;/m110.../s1. The van der Waals surface area contributed by atoms with Crippen molar-refractivity contribution in [3.63, 3.8) is 0 Å². The Hall–Kier alpha value is -5.79. The minimum Gasteiger partial charge on any atom is -0.466 e. The van der Waals surface area contributed by atoms with Crippen LogP contribution in [0.5, 0.6) is 0 Å². The van der Waals surface area contributed by atoms with Gasteiger partial charge in [0.25, 0.3) is 0 Å². The van der Waals surface area contributed by atoms with Crippen molar-refractivity contribution in [2.45, 2.75) is 100 Å². The molecule has 0 fully saturated rings. The molecule has 4 N–H and O–H groups in total. The molecule has 0 aliphatic heterocycles. The van der Waals surface area contributed by atoms with E-state index in [4.69, 9.17) is 48.0 Å². The summed E-state index contributed by atoms with van der Waals surface area (Å²) in [6.45, 7) is 19.6. The van der Waals surface area contributed by atoms with Gasteiger partial charge in [0.05, 0.1) is 12.1 Å². The van der Waals surface area contributed by atoms with E-state index in [1.54, 1.807) is 64.1 Å². The van der Waals surface area contributed by atoms with Gasteiger partial charge in [-0.1, -0.05) is 5.11 Å². The lowest BCUT2D eigenvalue weighted by atomic mass is 10.3. The second kappa shape index (κ2) is 24.5. The van der Waals surface area contributed by atoms with Crippen LogP contribution in [0.2, 0.25) is 0 Å². The Morgan fingerprint density at radius 3 is 1.18 bits per heavy atom. The van der Waals surface area contributed by atoms with Crippen LogP contribution < -0.4 is 5.73 Å². The Balaban J connectivity index is 0.000000331. The van der Waals surface area contributed by atoms with E-state index in [0.29, 0.717) is 35.1 Å². The van der Waals surface area contributed by atoms with Gasteiger partial charge in [-0.15, -0.1) is 0 Å². The van der Waals surface area contributed by atoms with Crippen LogP contribution in [-0.4, -0.2) is 22.3 Å². The molecular weight excluding hydrogens is 708 g/mol. The van der Waals surface area contributed by atoms with Crippen molar-refractivity contribution in [2.24, 2.45) is 10.8 Å². The fraction of sp³-hybridized carbons (Fsp3) is 0.366. The molecule has 0 saturated carbocycles. The van der Waals surface area contributed by atoms with Crippen LogP contribution in [-0.2, 0) is 0 Å². The number of aldehydes is 1. The van der Waals surface area contributed by atoms with E-state index < -0.39 is 12.2 Å². The molecule has 0 aliphatic carbocycles. The van der Waals surface area contributed by atoms with Gasteiger partial charge in [-0.3, -0.25) is 9.59 Å². The first kappa shape index (κ1) is 47.2. The Labute approximate surface area is 321 Å². The average Bonchev–Trinajstić information content (AvgIpc) is 3.97. The predicted octanol–water partition coefficient (Wildman–Crippen LogP) is 11.0. The maximum atomic E-state index is 10.6. The quantitative estimate of drug-likeness (QED) is 0.0455. The maximum Gasteiger partial charge on any atom is 0.194 e. The molecule has 1 unspecified atom stereocenters. The molecule has 6 rings (SSSR count). The van der Waals surface area contributed by atoms with E-state index in [9.17, 15) is 9.59 Å². The number of azide groups is 1. The summed E-state index contributed by atoms with van der Waals surface area (Å²) in [5, 5.41) is 21.4. The number of nitrogens with two attached hydrogens (primary N) is 1. The first-order valence-corrected chi connectivity index (χ1v) is 17.4. The fourth-order valence-electron chi connectivity index (χ4n) is 4.01. The lowest BCUT2D eigenvalue weighted by molar-refractivity contribution is 0.0985. The molecule has 0 spiro atoms. The molecule has 55 heavy (non-hydrogen) atoms. The van der Waals surface area contributed by atoms with Crippen LogP contribution >= 0.6 is 0 Å². The van der Waals surface area contributed by atoms with Gasteiger partial charge in [0.1, 0.15) is 69.8 Å². The molecule has 0 amide bonds. The largest absolute Gasteiger partial charge is 0.466 e. The molecule has 4 atom stereocenters. The van der Waals surface area contributed by atoms with Gasteiger partial charge in [-0.05, 0) is 148 Å². The van der Waals surface area contributed by atoms with Crippen LogP contribution in [0.1, 0.15) is 138 Å². The van der Waals surface area contributed by atoms with Crippen molar-refractivity contribution in [2.75, 3.05) is 0 Å². The normalized spacial score (nSPS) is 12.0. The smallest absolute Gasteiger partial charge is 0.194 e. The molecule has 6 heterocycles. The zero-order chi connectivity index (χ0) is 41.7. The number of rotatable bonds is 7. The van der Waals surface area contributed by atoms with Gasteiger partial charge >= 0.3 is 0 Å². The predicted molar refractivity (Wildman–Crippen MR) is 207 cm³/mol. The fourth-order valence-corrected chi connectivity index (χ4v) is 4.01. The first-order chi connectivity index (χ1) is 25.9. The molecule has 14 heteroatoms. The van der Waals surface area contributed by atoms with Crippen molar-refractivity contribution in [1.82, 2.24) is 0 Å². The van der Waals surface area contributed by atoms with Crippen LogP contribution in [0.4, 0.5) is 0 Å². The van der Waals surface area contributed by atoms with E-state index in [-0.39, 0.29) is 17.9 Å². The Bertz CT molecular complexity index is 1910. The van der Waals surface area contributed by atoms with Gasteiger partial charge in [-0.2, -0.15) is 0 Å². The number of aliphatic hydroxyl groups is 2. The molecule has 6 aromatic heterocycles. The number of aliphatic hydroxyl groups excluding tert-OH is 2. The monoisotopic (exact) mass is 762 g/mol. The molecule has 0 radical (unpaired) electrons. The van der Waals surface area contributed by atoms with E-state index in [0.717, 1.165) is 40.3 Å². The summed E-state index contributed by atoms with van der Waals surface area (Å²) in [6.07, 6.45) is -0.287. The van der Waals surface area contributed by atoms with Gasteiger partial charge in [0, 0.05) is 11.8 Å². The zero-order valence-corrected chi connectivity index (χ0v) is 33.4. The third-order valence-electron chi connectivity index (χ3n) is 6.92. The molecule has 14 nitrogen and oxygen atoms in total. The number of Topliss-reactive ketones (excluding diaryl/α,β-unsaturated/α-hetero) is 1. The number of aryl methyl sites for hydroxylation is 6. The van der Waals surface area contributed by atoms with E-state index in [1.165, 1.54) is 6.92 Å². The number of nitrogens with zero attached hydrogens (tertiary/aromatic N) is 3. The summed E-state index contributed by atoms with van der Waals surface area (Å²) < 4.78 is 30.5. The molecular formula is C41H54N4O10. The Morgan fingerprint density at radius 2 is 0.982 bits per heavy atom. The lowest BCUT2D eigenvalue weighted by Crippen LogP contribution is -2.02. The van der Waals surface area contributed by atoms with Gasteiger partial charge in [-0.25, -0.2) is 0 Å². The summed E-state index contributed by atoms with van der Waals surface area (Å²) in [4.78, 5) is 23.2. The van der Waals surface area contributed by atoms with E-state index in [2.05, 4.69) is 10.0 Å². The highest BCUT2D eigenvalue weighted by molar-refractivity contribution is 5.91. The Kier molecular flexibility index (Phi) is 21.0. The number of carbonyl (C=O) groups is 2. The summed E-state index contributed by atoms with van der Waals surface area (Å²) >= 11 is 0. The number of ketones is 1. The first-order valence-electron chi connectivity index (χ1n) is 17.4. The summed E-state index contributed by atoms with van der Waals surface area (Å²) in [7, 11) is 0. The number of hydrogen-bond donors (Lipinski definition) is 3. The number of furan rings is 6. The number of hydrogen-bond acceptors (Lipinski definition) is 12. The van der Waals surface area contributed by atoms with Crippen molar-refractivity contribution < 1.29 is 46.3 Å². The summed E-state index contributed by atoms with van der Waals surface area (Å²) in [5.41, 5.74) is 13.7. The minimum absolute atomic E-state index is 0.0127. The third kappa shape index (κ3) is 19.2. The topological polar surface area (TPSA) is 228 Å². The maximum absolute atomic E-state index is 10.6. The van der Waals surface area contributed by atoms with Gasteiger partial charge in [0.15, 0.2) is 23.6 Å². The van der Waals surface area contributed by atoms with E-state index >= 15 is 0 Å². The molecule has 0 aromatic carbocycles. The second-order valence-corrected chi connectivity index (χ2v) is 12.3. The van der Waals surface area contributed by atoms with Gasteiger partial charge in [0.2, 0.25) is 0 Å². The molecule has 0 saturated heterocycles. The second-order valence-electron chi connectivity index (χ2n) is 12.3. The molecule has 0 bridgehead atoms. The van der Waals surface area contributed by atoms with Crippen molar-refractivity contribution in [3.8, 4) is 0 Å². The molecule has 298 valence electrons. The SMILES string of the molecule is CC(=O)c1ccc(C)o1.Cc1ccc(C(C)O)o1.Cc1ccc(C=O)o1.Cc1ccc([C@@H](C)N)o1.Cc1ccc([C@@H](C)N=[N+]=[N-])o1.Cc1ccc([C@H](C)O)o1. The highest BCUT2D eigenvalue weighted by atomic mass is 16.4. The average molecular weight is 763 g/mol. The highest BCUT2D eigenvalue weighted by Gasteiger charge is 2.06. The van der Waals surface area contributed by atoms with E-state index in [1.807, 2.05) is 77.9 Å². The minimum atomic E-state index is -0.487. The molecule has 0 aliphatic rings. The van der Waals surface area contributed by atoms with Crippen LogP contribution in [0.15, 0.2) is 104 Å². The van der Waals surface area contributed by atoms with Crippen molar-refractivity contribution in [1.29, 1.82) is 0 Å². The van der Waals surface area contributed by atoms with Crippen LogP contribution in [0.3, 0.4) is 0 Å². The zero-order valence-electron chi connectivity index (χ0n) is 33.4. The van der Waals surface area contributed by atoms with Crippen molar-refractivity contribution >= 4 is 12.1 Å². The summed E-state index contributed by atoms with van der Waals surface area (Å²) in [6, 6.07) is 21.4.